The maximum absolute atomic E-state index is 13.5. The zero-order valence-corrected chi connectivity index (χ0v) is 60.8. The maximum Gasteiger partial charge on any atom is 0.220 e. The van der Waals surface area contributed by atoms with Crippen LogP contribution in [0, 0.1) is 0 Å². The highest BCUT2D eigenvalue weighted by molar-refractivity contribution is 5.76. The van der Waals surface area contributed by atoms with Gasteiger partial charge in [0.05, 0.1) is 38.6 Å². The predicted octanol–water partition coefficient (Wildman–Crippen LogP) is 12.4. The van der Waals surface area contributed by atoms with Crippen LogP contribution in [0.1, 0.15) is 290 Å². The number of nitrogens with one attached hydrogen (secondary N) is 1. The fourth-order valence-electron chi connectivity index (χ4n) is 12.9. The van der Waals surface area contributed by atoms with Crippen LogP contribution in [0.15, 0.2) is 72.9 Å². The number of carbonyl (C=O) groups excluding carboxylic acids is 1. The number of hydrogen-bond donors (Lipinski definition) is 12. The summed E-state index contributed by atoms with van der Waals surface area (Å²) in [5.74, 6) is -0.289. The topological polar surface area (TPSA) is 307 Å². The molecule has 0 aromatic rings. The van der Waals surface area contributed by atoms with E-state index in [0.717, 1.165) is 57.8 Å². The average molecular weight is 1390 g/mol. The molecule has 0 aliphatic carbocycles. The first-order valence-corrected chi connectivity index (χ1v) is 39.2. The van der Waals surface area contributed by atoms with Crippen LogP contribution in [0.5, 0.6) is 0 Å². The second kappa shape index (κ2) is 59.6. The average Bonchev–Trinajstić information content (AvgIpc) is 0.784. The number of unbranched alkanes of at least 4 members (excludes halogenated alkanes) is 35. The number of rotatable bonds is 61. The zero-order chi connectivity index (χ0) is 71.1. The lowest BCUT2D eigenvalue weighted by molar-refractivity contribution is -0.379. The molecule has 3 rings (SSSR count). The first kappa shape index (κ1) is 89.4. The fourth-order valence-corrected chi connectivity index (χ4v) is 12.9. The highest BCUT2D eigenvalue weighted by atomic mass is 16.8. The minimum Gasteiger partial charge on any atom is -0.394 e. The summed E-state index contributed by atoms with van der Waals surface area (Å²) in [7, 11) is 0. The monoisotopic (exact) mass is 1390 g/mol. The van der Waals surface area contributed by atoms with Crippen molar-refractivity contribution in [2.24, 2.45) is 0 Å². The molecule has 3 heterocycles. The molecule has 3 saturated heterocycles. The molecule has 0 spiro atoms. The molecule has 1 amide bonds. The van der Waals surface area contributed by atoms with Crippen molar-refractivity contribution < 1.29 is 89.4 Å². The van der Waals surface area contributed by atoms with Gasteiger partial charge in [-0.05, 0) is 83.5 Å². The van der Waals surface area contributed by atoms with Crippen molar-refractivity contribution >= 4 is 5.91 Å². The van der Waals surface area contributed by atoms with Gasteiger partial charge >= 0.3 is 0 Å². The Morgan fingerprint density at radius 3 is 1.09 bits per heavy atom. The normalized spacial score (nSPS) is 27.1. The van der Waals surface area contributed by atoms with Crippen molar-refractivity contribution in [2.75, 3.05) is 26.4 Å². The van der Waals surface area contributed by atoms with Crippen LogP contribution in [0.4, 0.5) is 0 Å². The van der Waals surface area contributed by atoms with E-state index in [-0.39, 0.29) is 18.9 Å². The van der Waals surface area contributed by atoms with Gasteiger partial charge in [0.15, 0.2) is 18.9 Å². The molecule has 3 aliphatic rings. The van der Waals surface area contributed by atoms with Crippen molar-refractivity contribution in [3.63, 3.8) is 0 Å². The van der Waals surface area contributed by atoms with Gasteiger partial charge in [-0.2, -0.15) is 0 Å². The Labute approximate surface area is 591 Å². The first-order chi connectivity index (χ1) is 47.8. The summed E-state index contributed by atoms with van der Waals surface area (Å²) in [6.45, 7) is 1.72. The highest BCUT2D eigenvalue weighted by Gasteiger charge is 2.53. The third kappa shape index (κ3) is 39.8. The van der Waals surface area contributed by atoms with E-state index < -0.39 is 124 Å². The standard InChI is InChI=1S/C79H141NO18/c1-3-5-7-9-11-13-15-17-19-21-23-25-27-29-30-31-32-33-35-37-39-41-43-45-47-49-51-53-55-57-67(85)80-62(63(84)56-54-52-50-48-46-44-42-40-38-36-34-28-26-24-22-20-18-16-14-12-10-8-6-4-2)61-93-77-73(91)70(88)75(65(59-82)95-77)98-79-74(92)71(89)76(66(60-83)96-79)97-78-72(90)69(87)68(86)64(58-81)94-78/h15,17,21,23,27,29,38,40,46,48,54,56,62-66,68-79,81-84,86-92H,3-14,16,18-20,22,24-26,28,30-37,39,41-45,47,49-53,55,57-61H2,1-2H3,(H,80,85)/b17-15-,23-21-,29-27-,40-38+,48-46+,56-54+. The Hall–Kier alpha value is -2.77. The molecule has 19 heteroatoms. The second-order valence-corrected chi connectivity index (χ2v) is 27.8. The zero-order valence-electron chi connectivity index (χ0n) is 60.8. The lowest BCUT2D eigenvalue weighted by Crippen LogP contribution is -2.66. The van der Waals surface area contributed by atoms with Crippen molar-refractivity contribution in [1.29, 1.82) is 0 Å². The van der Waals surface area contributed by atoms with E-state index in [9.17, 15) is 61.0 Å². The summed E-state index contributed by atoms with van der Waals surface area (Å²) in [4.78, 5) is 13.5. The molecule has 3 aliphatic heterocycles. The molecule has 17 atom stereocenters. The summed E-state index contributed by atoms with van der Waals surface area (Å²) in [6, 6.07) is -1.00. The third-order valence-corrected chi connectivity index (χ3v) is 19.2. The molecule has 0 aromatic heterocycles. The summed E-state index contributed by atoms with van der Waals surface area (Å²) in [5, 5.41) is 121. The summed E-state index contributed by atoms with van der Waals surface area (Å²) in [6.07, 6.45) is 50.2. The van der Waals surface area contributed by atoms with E-state index in [1.807, 2.05) is 6.08 Å². The number of aliphatic hydroxyl groups is 11. The van der Waals surface area contributed by atoms with Crippen molar-refractivity contribution in [3.05, 3.63) is 72.9 Å². The van der Waals surface area contributed by atoms with E-state index in [1.165, 1.54) is 199 Å². The van der Waals surface area contributed by atoms with Gasteiger partial charge in [-0.25, -0.2) is 0 Å². The molecular formula is C79H141NO18. The SMILES string of the molecule is CCCCCCC/C=C\C/C=C\C/C=C\CCCCCCCCCCCCCCCCC(=O)NC(COC1OC(CO)C(OC2OC(CO)C(OC3OC(CO)C(O)C(O)C3O)C(O)C2O)C(O)C1O)C(O)/C=C/CC/C=C/CC/C=C/CCCCCCCCCCCCCCCC. The third-order valence-electron chi connectivity index (χ3n) is 19.2. The smallest absolute Gasteiger partial charge is 0.220 e. The summed E-state index contributed by atoms with van der Waals surface area (Å²) >= 11 is 0. The predicted molar refractivity (Wildman–Crippen MR) is 388 cm³/mol. The quantitative estimate of drug-likeness (QED) is 0.0199. The summed E-state index contributed by atoms with van der Waals surface area (Å²) < 4.78 is 34.4. The maximum atomic E-state index is 13.5. The number of hydrogen-bond acceptors (Lipinski definition) is 18. The molecule has 3 fully saturated rings. The van der Waals surface area contributed by atoms with Crippen LogP contribution >= 0.6 is 0 Å². The second-order valence-electron chi connectivity index (χ2n) is 27.8. The molecule has 98 heavy (non-hydrogen) atoms. The van der Waals surface area contributed by atoms with Crippen LogP contribution in [0.3, 0.4) is 0 Å². The van der Waals surface area contributed by atoms with Gasteiger partial charge in [0, 0.05) is 6.42 Å². The molecule has 0 aromatic carbocycles. The van der Waals surface area contributed by atoms with E-state index in [0.29, 0.717) is 12.8 Å². The Morgan fingerprint density at radius 2 is 0.684 bits per heavy atom. The largest absolute Gasteiger partial charge is 0.394 e. The molecule has 19 nitrogen and oxygen atoms in total. The lowest BCUT2D eigenvalue weighted by atomic mass is 9.96. The van der Waals surface area contributed by atoms with E-state index in [1.54, 1.807) is 6.08 Å². The van der Waals surface area contributed by atoms with Gasteiger partial charge < -0.3 is 89.9 Å². The van der Waals surface area contributed by atoms with Crippen molar-refractivity contribution in [3.8, 4) is 0 Å². The number of aliphatic hydroxyl groups excluding tert-OH is 11. The Morgan fingerprint density at radius 1 is 0.367 bits per heavy atom. The van der Waals surface area contributed by atoms with Crippen molar-refractivity contribution in [1.82, 2.24) is 5.32 Å². The fraction of sp³-hybridized carbons (Fsp3) is 0.835. The van der Waals surface area contributed by atoms with Crippen LogP contribution < -0.4 is 5.32 Å². The van der Waals surface area contributed by atoms with Gasteiger partial charge in [0.1, 0.15) is 73.2 Å². The summed E-state index contributed by atoms with van der Waals surface area (Å²) in [5.41, 5.74) is 0. The number of amides is 1. The molecule has 570 valence electrons. The van der Waals surface area contributed by atoms with Crippen LogP contribution in [-0.4, -0.2) is 193 Å². The van der Waals surface area contributed by atoms with Gasteiger partial charge in [0.2, 0.25) is 5.91 Å². The van der Waals surface area contributed by atoms with E-state index >= 15 is 0 Å². The van der Waals surface area contributed by atoms with Crippen LogP contribution in [-0.2, 0) is 33.2 Å². The number of allylic oxidation sites excluding steroid dienone is 11. The van der Waals surface area contributed by atoms with Gasteiger partial charge in [-0.1, -0.05) is 273 Å². The van der Waals surface area contributed by atoms with Crippen molar-refractivity contribution in [2.45, 2.75) is 394 Å². The molecule has 0 radical (unpaired) electrons. The Kier molecular flexibility index (Phi) is 54.4. The number of ether oxygens (including phenoxy) is 6. The van der Waals surface area contributed by atoms with E-state index in [4.69, 9.17) is 28.4 Å². The van der Waals surface area contributed by atoms with Crippen LogP contribution in [0.25, 0.3) is 0 Å². The van der Waals surface area contributed by atoms with Gasteiger partial charge in [-0.3, -0.25) is 4.79 Å². The number of carbonyl (C=O) groups is 1. The highest BCUT2D eigenvalue weighted by Crippen LogP contribution is 2.33. The first-order valence-electron chi connectivity index (χ1n) is 39.2. The lowest BCUT2D eigenvalue weighted by Gasteiger charge is -2.48. The minimum atomic E-state index is -1.99. The van der Waals surface area contributed by atoms with Crippen LogP contribution in [0.2, 0.25) is 0 Å². The van der Waals surface area contributed by atoms with E-state index in [2.05, 4.69) is 79.9 Å². The molecule has 0 saturated carbocycles. The molecular weight excluding hydrogens is 1250 g/mol. The molecule has 17 unspecified atom stereocenters. The Balaban J connectivity index is 1.41. The minimum absolute atomic E-state index is 0.229. The van der Waals surface area contributed by atoms with Gasteiger partial charge in [-0.15, -0.1) is 0 Å². The van der Waals surface area contributed by atoms with Gasteiger partial charge in [0.25, 0.3) is 0 Å². The molecule has 12 N–H and O–H groups in total. The Bertz CT molecular complexity index is 2050. The molecule has 0 bridgehead atoms.